The summed E-state index contributed by atoms with van der Waals surface area (Å²) in [5.74, 6) is 0. The molecule has 0 aliphatic rings. The second-order valence-corrected chi connectivity index (χ2v) is 10.1. The van der Waals surface area contributed by atoms with Gasteiger partial charge in [0.2, 0.25) is 0 Å². The van der Waals surface area contributed by atoms with Crippen LogP contribution in [0.3, 0.4) is 0 Å². The number of hydrogen-bond donors (Lipinski definition) is 0. The van der Waals surface area contributed by atoms with Crippen molar-refractivity contribution in [2.75, 3.05) is 0 Å². The first-order valence-electron chi connectivity index (χ1n) is 13.5. The number of rotatable bonds is 8. The van der Waals surface area contributed by atoms with E-state index in [0.29, 0.717) is 0 Å². The molecule has 0 N–H and O–H groups in total. The Bertz CT molecular complexity index is 1370. The van der Waals surface area contributed by atoms with Crippen molar-refractivity contribution in [1.82, 2.24) is 0 Å². The van der Waals surface area contributed by atoms with Gasteiger partial charge in [-0.15, -0.1) is 0 Å². The molecule has 0 heterocycles. The first kappa shape index (κ1) is 22.9. The number of fused-ring (bicyclic) bond motifs is 4. The highest BCUT2D eigenvalue weighted by Crippen LogP contribution is 2.38. The maximum absolute atomic E-state index is 2.53. The Morgan fingerprint density at radius 1 is 0.382 bits per heavy atom. The molecular formula is C34H38. The lowest BCUT2D eigenvalue weighted by Crippen LogP contribution is -2.07. The maximum atomic E-state index is 2.53. The monoisotopic (exact) mass is 446 g/mol. The highest BCUT2D eigenvalue weighted by atomic mass is 14.2. The van der Waals surface area contributed by atoms with E-state index >= 15 is 0 Å². The Hall–Kier alpha value is -2.86. The van der Waals surface area contributed by atoms with Crippen molar-refractivity contribution in [2.24, 2.45) is 0 Å². The molecule has 0 fully saturated rings. The van der Waals surface area contributed by atoms with Gasteiger partial charge in [-0.1, -0.05) is 77.6 Å². The first-order chi connectivity index (χ1) is 16.7. The van der Waals surface area contributed by atoms with Gasteiger partial charge in [0.15, 0.2) is 0 Å². The molecule has 34 heavy (non-hydrogen) atoms. The summed E-state index contributed by atoms with van der Waals surface area (Å²) >= 11 is 0. The fourth-order valence-electron chi connectivity index (χ4n) is 6.11. The summed E-state index contributed by atoms with van der Waals surface area (Å²) in [6, 6.07) is 23.3. The van der Waals surface area contributed by atoms with Crippen LogP contribution < -0.4 is 0 Å². The van der Waals surface area contributed by atoms with E-state index in [0.717, 1.165) is 0 Å². The smallest absolute Gasteiger partial charge is 0.0140 e. The Morgan fingerprint density at radius 3 is 1.09 bits per heavy atom. The zero-order chi connectivity index (χ0) is 23.7. The Balaban J connectivity index is 1.88. The van der Waals surface area contributed by atoms with Gasteiger partial charge in [0.1, 0.15) is 0 Å². The van der Waals surface area contributed by atoms with E-state index in [1.807, 2.05) is 0 Å². The number of hydrogen-bond acceptors (Lipinski definition) is 0. The molecule has 5 aromatic rings. The molecule has 0 atom stereocenters. The molecule has 5 aromatic carbocycles. The molecule has 0 spiro atoms. The summed E-state index contributed by atoms with van der Waals surface area (Å²) in [6.07, 6.45) is 9.61. The van der Waals surface area contributed by atoms with Crippen molar-refractivity contribution in [1.29, 1.82) is 0 Å². The van der Waals surface area contributed by atoms with Gasteiger partial charge in [0.25, 0.3) is 0 Å². The minimum Gasteiger partial charge on any atom is -0.0651 e. The molecule has 0 amide bonds. The quantitative estimate of drug-likeness (QED) is 0.208. The Labute approximate surface area is 205 Å². The fraction of sp³-hybridized carbons (Fsp3) is 0.353. The largest absolute Gasteiger partial charge is 0.0651 e. The first-order valence-corrected chi connectivity index (χ1v) is 13.5. The van der Waals surface area contributed by atoms with Crippen LogP contribution in [0, 0.1) is 0 Å². The number of benzene rings is 5. The average molecular weight is 447 g/mol. The summed E-state index contributed by atoms with van der Waals surface area (Å²) < 4.78 is 0. The average Bonchev–Trinajstić information content (AvgIpc) is 2.84. The lowest BCUT2D eigenvalue weighted by Gasteiger charge is -2.23. The van der Waals surface area contributed by atoms with E-state index in [2.05, 4.69) is 88.4 Å². The second kappa shape index (κ2) is 9.79. The zero-order valence-electron chi connectivity index (χ0n) is 21.4. The molecule has 0 heteroatoms. The highest BCUT2D eigenvalue weighted by molar-refractivity contribution is 6.09. The summed E-state index contributed by atoms with van der Waals surface area (Å²) in [4.78, 5) is 0. The SMILES string of the molecule is CCCc1c(CCC)c(CCC)c2cc3cc4cc5ccccc5cc4cc3cc2c1CCC. The molecule has 0 nitrogen and oxygen atoms in total. The van der Waals surface area contributed by atoms with Crippen LogP contribution in [0.5, 0.6) is 0 Å². The van der Waals surface area contributed by atoms with Gasteiger partial charge in [-0.05, 0) is 127 Å². The zero-order valence-corrected chi connectivity index (χ0v) is 21.4. The normalized spacial score (nSPS) is 11.9. The van der Waals surface area contributed by atoms with Gasteiger partial charge in [0, 0.05) is 0 Å². The molecule has 0 saturated heterocycles. The van der Waals surface area contributed by atoms with Crippen molar-refractivity contribution in [3.8, 4) is 0 Å². The van der Waals surface area contributed by atoms with E-state index in [1.165, 1.54) is 94.5 Å². The highest BCUT2D eigenvalue weighted by Gasteiger charge is 2.18. The van der Waals surface area contributed by atoms with Crippen molar-refractivity contribution in [2.45, 2.75) is 79.1 Å². The van der Waals surface area contributed by atoms with Crippen LogP contribution >= 0.6 is 0 Å². The Morgan fingerprint density at radius 2 is 0.706 bits per heavy atom. The summed E-state index contributed by atoms with van der Waals surface area (Å²) in [6.45, 7) is 9.35. The van der Waals surface area contributed by atoms with Crippen molar-refractivity contribution >= 4 is 43.1 Å². The van der Waals surface area contributed by atoms with Crippen molar-refractivity contribution in [3.05, 3.63) is 82.9 Å². The molecule has 0 aromatic heterocycles. The third-order valence-electron chi connectivity index (χ3n) is 7.54. The Kier molecular flexibility index (Phi) is 6.59. The van der Waals surface area contributed by atoms with Gasteiger partial charge >= 0.3 is 0 Å². The van der Waals surface area contributed by atoms with Crippen LogP contribution in [0.4, 0.5) is 0 Å². The summed E-state index contributed by atoms with van der Waals surface area (Å²) in [7, 11) is 0. The van der Waals surface area contributed by atoms with Crippen molar-refractivity contribution < 1.29 is 0 Å². The van der Waals surface area contributed by atoms with Gasteiger partial charge in [0.05, 0.1) is 0 Å². The standard InChI is InChI=1S/C34H38/c1-5-11-29-30(12-6-2)32(14-8-4)34-22-28-20-26-18-24-16-10-9-15-23(24)17-25(26)19-27(28)21-33(34)31(29)13-7-3/h9-10,15-22H,5-8,11-14H2,1-4H3. The third kappa shape index (κ3) is 3.98. The topological polar surface area (TPSA) is 0 Å². The molecule has 0 saturated carbocycles. The van der Waals surface area contributed by atoms with Crippen LogP contribution in [0.2, 0.25) is 0 Å². The van der Waals surface area contributed by atoms with E-state index in [1.54, 1.807) is 22.3 Å². The van der Waals surface area contributed by atoms with E-state index < -0.39 is 0 Å². The summed E-state index contributed by atoms with van der Waals surface area (Å²) in [5, 5.41) is 11.1. The predicted octanol–water partition coefficient (Wildman–Crippen LogP) is 10.1. The molecule has 0 bridgehead atoms. The summed E-state index contributed by atoms with van der Waals surface area (Å²) in [5.41, 5.74) is 6.60. The predicted molar refractivity (Wildman–Crippen MR) is 152 cm³/mol. The number of aryl methyl sites for hydroxylation is 2. The van der Waals surface area contributed by atoms with Crippen LogP contribution in [0.25, 0.3) is 43.1 Å². The van der Waals surface area contributed by atoms with Gasteiger partial charge in [-0.3, -0.25) is 0 Å². The molecule has 0 aliphatic carbocycles. The fourth-order valence-corrected chi connectivity index (χ4v) is 6.11. The molecule has 5 rings (SSSR count). The maximum Gasteiger partial charge on any atom is -0.0140 e. The molecule has 0 radical (unpaired) electrons. The van der Waals surface area contributed by atoms with Crippen molar-refractivity contribution in [3.63, 3.8) is 0 Å². The molecule has 174 valence electrons. The van der Waals surface area contributed by atoms with Crippen LogP contribution in [0.1, 0.15) is 75.6 Å². The molecule has 0 unspecified atom stereocenters. The molecule has 0 aliphatic heterocycles. The van der Waals surface area contributed by atoms with Crippen LogP contribution in [0.15, 0.2) is 60.7 Å². The lowest BCUT2D eigenvalue weighted by atomic mass is 9.81. The lowest BCUT2D eigenvalue weighted by molar-refractivity contribution is 0.810. The molecular weight excluding hydrogens is 408 g/mol. The van der Waals surface area contributed by atoms with E-state index in [4.69, 9.17) is 0 Å². The van der Waals surface area contributed by atoms with E-state index in [9.17, 15) is 0 Å². The van der Waals surface area contributed by atoms with Crippen LogP contribution in [-0.2, 0) is 25.7 Å². The third-order valence-corrected chi connectivity index (χ3v) is 7.54. The minimum atomic E-state index is 1.18. The van der Waals surface area contributed by atoms with Gasteiger partial charge < -0.3 is 0 Å². The second-order valence-electron chi connectivity index (χ2n) is 10.1. The van der Waals surface area contributed by atoms with Gasteiger partial charge in [-0.25, -0.2) is 0 Å². The van der Waals surface area contributed by atoms with Gasteiger partial charge in [-0.2, -0.15) is 0 Å². The van der Waals surface area contributed by atoms with E-state index in [-0.39, 0.29) is 0 Å². The van der Waals surface area contributed by atoms with Crippen LogP contribution in [-0.4, -0.2) is 0 Å². The minimum absolute atomic E-state index is 1.18.